The molecule has 1 unspecified atom stereocenters. The van der Waals surface area contributed by atoms with Gasteiger partial charge in [-0.05, 0) is 19.3 Å². The summed E-state index contributed by atoms with van der Waals surface area (Å²) in [6, 6.07) is 0. The monoisotopic (exact) mass is 284 g/mol. The molecule has 19 heavy (non-hydrogen) atoms. The number of carbonyl (C=O) groups is 2. The van der Waals surface area contributed by atoms with Crippen molar-refractivity contribution in [2.45, 2.75) is 31.8 Å². The van der Waals surface area contributed by atoms with Crippen LogP contribution >= 0.6 is 11.3 Å². The van der Waals surface area contributed by atoms with Crippen LogP contribution in [0.5, 0.6) is 0 Å². The Morgan fingerprint density at radius 1 is 1.58 bits per heavy atom. The molecule has 0 radical (unpaired) electrons. The Morgan fingerprint density at radius 3 is 3.11 bits per heavy atom. The van der Waals surface area contributed by atoms with Gasteiger partial charge in [0.1, 0.15) is 16.8 Å². The number of nitrogens with zero attached hydrogens (tertiary/aromatic N) is 1. The fraction of sp³-hybridized carbons (Fsp3) is 0.583. The van der Waals surface area contributed by atoms with E-state index in [1.54, 1.807) is 5.38 Å². The van der Waals surface area contributed by atoms with Crippen molar-refractivity contribution in [3.05, 3.63) is 16.1 Å². The van der Waals surface area contributed by atoms with Crippen LogP contribution in [-0.2, 0) is 9.53 Å². The maximum Gasteiger partial charge on any atom is 0.303 e. The minimum atomic E-state index is -0.858. The van der Waals surface area contributed by atoms with E-state index in [4.69, 9.17) is 9.84 Å². The molecule has 0 aromatic carbocycles. The van der Waals surface area contributed by atoms with E-state index in [9.17, 15) is 9.59 Å². The van der Waals surface area contributed by atoms with E-state index in [1.807, 2.05) is 0 Å². The van der Waals surface area contributed by atoms with Crippen LogP contribution in [0.3, 0.4) is 0 Å². The van der Waals surface area contributed by atoms with Gasteiger partial charge in [-0.15, -0.1) is 11.3 Å². The first kappa shape index (κ1) is 14.0. The number of aliphatic carboxylic acids is 1. The van der Waals surface area contributed by atoms with Crippen molar-refractivity contribution >= 4 is 23.2 Å². The molecule has 6 nitrogen and oxygen atoms in total. The fourth-order valence-corrected chi connectivity index (χ4v) is 2.73. The van der Waals surface area contributed by atoms with E-state index in [-0.39, 0.29) is 18.4 Å². The van der Waals surface area contributed by atoms with Crippen LogP contribution in [0.15, 0.2) is 5.38 Å². The predicted octanol–water partition coefficient (Wildman–Crippen LogP) is 1.59. The molecule has 1 fully saturated rings. The SMILES string of the molecule is O=C(O)CCCNC(=O)c1csc(C2CCCO2)n1. The molecule has 2 rings (SSSR count). The summed E-state index contributed by atoms with van der Waals surface area (Å²) in [4.78, 5) is 26.4. The highest BCUT2D eigenvalue weighted by Crippen LogP contribution is 2.30. The van der Waals surface area contributed by atoms with Crippen LogP contribution in [0, 0.1) is 0 Å². The van der Waals surface area contributed by atoms with Crippen LogP contribution in [0.1, 0.15) is 47.3 Å². The van der Waals surface area contributed by atoms with E-state index in [0.717, 1.165) is 24.5 Å². The van der Waals surface area contributed by atoms with Gasteiger partial charge in [-0.2, -0.15) is 0 Å². The molecule has 1 aliphatic heterocycles. The minimum absolute atomic E-state index is 0.0264. The topological polar surface area (TPSA) is 88.5 Å². The Morgan fingerprint density at radius 2 is 2.42 bits per heavy atom. The molecular weight excluding hydrogens is 268 g/mol. The zero-order chi connectivity index (χ0) is 13.7. The molecule has 2 N–H and O–H groups in total. The first-order valence-electron chi connectivity index (χ1n) is 6.24. The number of carboxylic acids is 1. The largest absolute Gasteiger partial charge is 0.481 e. The number of amides is 1. The van der Waals surface area contributed by atoms with E-state index < -0.39 is 5.97 Å². The van der Waals surface area contributed by atoms with Gasteiger partial charge < -0.3 is 15.2 Å². The zero-order valence-corrected chi connectivity index (χ0v) is 11.2. The highest BCUT2D eigenvalue weighted by Gasteiger charge is 2.22. The van der Waals surface area contributed by atoms with Gasteiger partial charge >= 0.3 is 5.97 Å². The van der Waals surface area contributed by atoms with Crippen LogP contribution < -0.4 is 5.32 Å². The first-order chi connectivity index (χ1) is 9.16. The zero-order valence-electron chi connectivity index (χ0n) is 10.4. The van der Waals surface area contributed by atoms with Gasteiger partial charge in [0, 0.05) is 25.0 Å². The molecule has 0 aliphatic carbocycles. The summed E-state index contributed by atoms with van der Waals surface area (Å²) >= 11 is 1.43. The maximum absolute atomic E-state index is 11.8. The second kappa shape index (κ2) is 6.63. The molecule has 104 valence electrons. The molecule has 1 amide bonds. The van der Waals surface area contributed by atoms with Gasteiger partial charge in [-0.25, -0.2) is 4.98 Å². The summed E-state index contributed by atoms with van der Waals surface area (Å²) in [5.41, 5.74) is 0.380. The van der Waals surface area contributed by atoms with Crippen LogP contribution in [0.4, 0.5) is 0 Å². The van der Waals surface area contributed by atoms with Crippen molar-refractivity contribution in [1.29, 1.82) is 0 Å². The lowest BCUT2D eigenvalue weighted by atomic mass is 10.2. The number of nitrogens with one attached hydrogen (secondary N) is 1. The van der Waals surface area contributed by atoms with Crippen molar-refractivity contribution in [3.8, 4) is 0 Å². The Hall–Kier alpha value is -1.47. The standard InChI is InChI=1S/C12H16N2O4S/c15-10(16)4-1-5-13-11(17)8-7-19-12(14-8)9-3-2-6-18-9/h7,9H,1-6H2,(H,13,17)(H,15,16). The molecule has 0 spiro atoms. The summed E-state index contributed by atoms with van der Waals surface area (Å²) in [6.07, 6.45) is 2.48. The Balaban J connectivity index is 1.80. The molecule has 1 aromatic rings. The van der Waals surface area contributed by atoms with Gasteiger partial charge in [0.25, 0.3) is 5.91 Å². The minimum Gasteiger partial charge on any atom is -0.481 e. The second-order valence-electron chi connectivity index (χ2n) is 4.33. The average Bonchev–Trinajstić information content (AvgIpc) is 3.03. The van der Waals surface area contributed by atoms with Gasteiger partial charge in [0.15, 0.2) is 0 Å². The number of carbonyl (C=O) groups excluding carboxylic acids is 1. The van der Waals surface area contributed by atoms with Gasteiger partial charge in [-0.1, -0.05) is 0 Å². The third-order valence-corrected chi connectivity index (χ3v) is 3.75. The number of carboxylic acid groups (broad SMARTS) is 1. The van der Waals surface area contributed by atoms with Crippen LogP contribution in [0.25, 0.3) is 0 Å². The van der Waals surface area contributed by atoms with E-state index in [0.29, 0.717) is 18.7 Å². The van der Waals surface area contributed by atoms with Gasteiger partial charge in [-0.3, -0.25) is 9.59 Å². The Labute approximate surface area is 114 Å². The highest BCUT2D eigenvalue weighted by molar-refractivity contribution is 7.09. The maximum atomic E-state index is 11.8. The number of hydrogen-bond acceptors (Lipinski definition) is 5. The molecular formula is C12H16N2O4S. The van der Waals surface area contributed by atoms with E-state index >= 15 is 0 Å². The normalized spacial score (nSPS) is 18.4. The Kier molecular flexibility index (Phi) is 4.86. The number of aromatic nitrogens is 1. The molecule has 2 heterocycles. The number of ether oxygens (including phenoxy) is 1. The Bertz CT molecular complexity index is 454. The lowest BCUT2D eigenvalue weighted by Crippen LogP contribution is -2.25. The van der Waals surface area contributed by atoms with Crippen molar-refractivity contribution in [3.63, 3.8) is 0 Å². The number of thiazole rings is 1. The molecule has 0 saturated carbocycles. The van der Waals surface area contributed by atoms with Crippen molar-refractivity contribution in [1.82, 2.24) is 10.3 Å². The summed E-state index contributed by atoms with van der Waals surface area (Å²) in [7, 11) is 0. The molecule has 1 aliphatic rings. The van der Waals surface area contributed by atoms with Crippen molar-refractivity contribution in [2.75, 3.05) is 13.2 Å². The second-order valence-corrected chi connectivity index (χ2v) is 5.22. The van der Waals surface area contributed by atoms with Crippen LogP contribution in [-0.4, -0.2) is 35.1 Å². The van der Waals surface area contributed by atoms with Crippen molar-refractivity contribution in [2.24, 2.45) is 0 Å². The quantitative estimate of drug-likeness (QED) is 0.774. The lowest BCUT2D eigenvalue weighted by Gasteiger charge is -2.04. The predicted molar refractivity (Wildman–Crippen MR) is 69.2 cm³/mol. The molecule has 0 bridgehead atoms. The summed E-state index contributed by atoms with van der Waals surface area (Å²) in [5, 5.41) is 13.7. The molecule has 1 aromatic heterocycles. The third-order valence-electron chi connectivity index (χ3n) is 2.81. The highest BCUT2D eigenvalue weighted by atomic mass is 32.1. The summed E-state index contributed by atoms with van der Waals surface area (Å²) < 4.78 is 5.51. The number of hydrogen-bond donors (Lipinski definition) is 2. The van der Waals surface area contributed by atoms with E-state index in [1.165, 1.54) is 11.3 Å². The third kappa shape index (κ3) is 4.00. The average molecular weight is 284 g/mol. The van der Waals surface area contributed by atoms with Crippen LogP contribution in [0.2, 0.25) is 0 Å². The number of rotatable bonds is 6. The van der Waals surface area contributed by atoms with Gasteiger partial charge in [0.2, 0.25) is 0 Å². The summed E-state index contributed by atoms with van der Waals surface area (Å²) in [5.74, 6) is -1.12. The lowest BCUT2D eigenvalue weighted by molar-refractivity contribution is -0.137. The van der Waals surface area contributed by atoms with Gasteiger partial charge in [0.05, 0.1) is 0 Å². The fourth-order valence-electron chi connectivity index (χ4n) is 1.84. The molecule has 7 heteroatoms. The molecule has 1 atom stereocenters. The summed E-state index contributed by atoms with van der Waals surface area (Å²) in [6.45, 7) is 1.10. The van der Waals surface area contributed by atoms with E-state index in [2.05, 4.69) is 10.3 Å². The first-order valence-corrected chi connectivity index (χ1v) is 7.12. The molecule has 1 saturated heterocycles. The van der Waals surface area contributed by atoms with Crippen molar-refractivity contribution < 1.29 is 19.4 Å². The smallest absolute Gasteiger partial charge is 0.303 e.